The van der Waals surface area contributed by atoms with Gasteiger partial charge in [0.25, 0.3) is 5.56 Å². The molecule has 0 bridgehead atoms. The maximum atomic E-state index is 13.2. The molecule has 1 fully saturated rings. The van der Waals surface area contributed by atoms with Crippen molar-refractivity contribution in [2.45, 2.75) is 58.6 Å². The van der Waals surface area contributed by atoms with Crippen LogP contribution in [-0.4, -0.2) is 71.9 Å². The minimum absolute atomic E-state index is 0.0723. The highest BCUT2D eigenvalue weighted by Gasteiger charge is 2.30. The second kappa shape index (κ2) is 13.3. The van der Waals surface area contributed by atoms with Crippen LogP contribution < -0.4 is 21.5 Å². The number of aromatic nitrogens is 2. The number of carbonyl (C=O) groups is 4. The highest BCUT2D eigenvalue weighted by atomic mass is 16.6. The fourth-order valence-corrected chi connectivity index (χ4v) is 3.96. The summed E-state index contributed by atoms with van der Waals surface area (Å²) in [5.74, 6) is -0.929. The number of fused-ring (bicyclic) bond motifs is 1. The zero-order valence-corrected chi connectivity index (χ0v) is 22.6. The van der Waals surface area contributed by atoms with Gasteiger partial charge in [-0.25, -0.2) is 9.78 Å². The first-order chi connectivity index (χ1) is 18.5. The number of amides is 4. The summed E-state index contributed by atoms with van der Waals surface area (Å²) in [5, 5.41) is 7.85. The van der Waals surface area contributed by atoms with Crippen molar-refractivity contribution in [3.05, 3.63) is 34.4 Å². The van der Waals surface area contributed by atoms with Gasteiger partial charge in [-0.1, -0.05) is 6.07 Å². The van der Waals surface area contributed by atoms with E-state index in [4.69, 9.17) is 14.2 Å². The molecule has 1 aliphatic rings. The summed E-state index contributed by atoms with van der Waals surface area (Å²) in [6.45, 7) is 8.27. The second-order valence-corrected chi connectivity index (χ2v) is 9.95. The number of rotatable bonds is 11. The lowest BCUT2D eigenvalue weighted by Crippen LogP contribution is -2.45. The first-order valence-electron chi connectivity index (χ1n) is 12.7. The number of nitrogens with one attached hydrogen (secondary N) is 3. The van der Waals surface area contributed by atoms with Crippen LogP contribution >= 0.6 is 0 Å². The molecule has 3 rings (SSSR count). The molecule has 0 aliphatic carbocycles. The van der Waals surface area contributed by atoms with Crippen LogP contribution in [0.15, 0.2) is 23.0 Å². The van der Waals surface area contributed by atoms with Crippen LogP contribution in [0.4, 0.5) is 10.5 Å². The van der Waals surface area contributed by atoms with Gasteiger partial charge in [0.05, 0.1) is 43.9 Å². The molecule has 13 nitrogen and oxygen atoms in total. The number of nitrogens with zero attached hydrogens (tertiary/aromatic N) is 2. The van der Waals surface area contributed by atoms with Crippen molar-refractivity contribution in [2.24, 2.45) is 0 Å². The largest absolute Gasteiger partial charge is 0.444 e. The van der Waals surface area contributed by atoms with Crippen LogP contribution in [-0.2, 0) is 28.6 Å². The SMILES string of the molecule is Cc1nc2c(NC(=O)CCOCCOCCNC(=O)OC(C)(C)C)cccc2c(=O)n1C1CCC(=O)NC1=O. The first-order valence-corrected chi connectivity index (χ1v) is 12.7. The van der Waals surface area contributed by atoms with E-state index in [1.807, 2.05) is 0 Å². The molecule has 1 atom stereocenters. The Morgan fingerprint density at radius 2 is 1.82 bits per heavy atom. The number of aryl methyl sites for hydroxylation is 1. The van der Waals surface area contributed by atoms with E-state index in [-0.39, 0.29) is 49.7 Å². The number of hydrogen-bond donors (Lipinski definition) is 3. The Labute approximate surface area is 225 Å². The Kier molecular flexibility index (Phi) is 10.1. The Morgan fingerprint density at radius 3 is 2.51 bits per heavy atom. The van der Waals surface area contributed by atoms with E-state index in [1.54, 1.807) is 45.9 Å². The molecular formula is C26H35N5O8. The van der Waals surface area contributed by atoms with E-state index < -0.39 is 29.2 Å². The maximum Gasteiger partial charge on any atom is 0.407 e. The molecule has 39 heavy (non-hydrogen) atoms. The molecule has 1 unspecified atom stereocenters. The summed E-state index contributed by atoms with van der Waals surface area (Å²) < 4.78 is 17.2. The van der Waals surface area contributed by atoms with Crippen molar-refractivity contribution < 1.29 is 33.4 Å². The summed E-state index contributed by atoms with van der Waals surface area (Å²) >= 11 is 0. The fourth-order valence-electron chi connectivity index (χ4n) is 3.96. The van der Waals surface area contributed by atoms with E-state index in [0.29, 0.717) is 36.8 Å². The lowest BCUT2D eigenvalue weighted by molar-refractivity contribution is -0.135. The highest BCUT2D eigenvalue weighted by molar-refractivity contribution is 6.01. The number of carbonyl (C=O) groups excluding carboxylic acids is 4. The third-order valence-corrected chi connectivity index (χ3v) is 5.66. The Hall–Kier alpha value is -3.84. The van der Waals surface area contributed by atoms with Crippen LogP contribution in [0.5, 0.6) is 0 Å². The summed E-state index contributed by atoms with van der Waals surface area (Å²) in [4.78, 5) is 65.6. The van der Waals surface area contributed by atoms with Crippen molar-refractivity contribution in [1.82, 2.24) is 20.2 Å². The van der Waals surface area contributed by atoms with Crippen LogP contribution in [0.25, 0.3) is 10.9 Å². The van der Waals surface area contributed by atoms with Crippen molar-refractivity contribution in [2.75, 3.05) is 38.3 Å². The van der Waals surface area contributed by atoms with Gasteiger partial charge in [0, 0.05) is 13.0 Å². The molecule has 1 aromatic carbocycles. The van der Waals surface area contributed by atoms with Crippen LogP contribution in [0.3, 0.4) is 0 Å². The van der Waals surface area contributed by atoms with Crippen molar-refractivity contribution >= 4 is 40.4 Å². The minimum Gasteiger partial charge on any atom is -0.444 e. The molecule has 0 saturated carbocycles. The van der Waals surface area contributed by atoms with Crippen LogP contribution in [0.1, 0.15) is 51.9 Å². The number of anilines is 1. The van der Waals surface area contributed by atoms with Gasteiger partial charge >= 0.3 is 6.09 Å². The lowest BCUT2D eigenvalue weighted by Gasteiger charge is -2.24. The van der Waals surface area contributed by atoms with Gasteiger partial charge in [0.15, 0.2) is 0 Å². The number of para-hydroxylation sites is 1. The van der Waals surface area contributed by atoms with E-state index >= 15 is 0 Å². The molecule has 212 valence electrons. The third kappa shape index (κ3) is 8.58. The molecule has 2 aromatic rings. The molecule has 0 spiro atoms. The van der Waals surface area contributed by atoms with E-state index in [2.05, 4.69) is 20.9 Å². The maximum absolute atomic E-state index is 13.2. The van der Waals surface area contributed by atoms with Gasteiger partial charge in [-0.3, -0.25) is 29.1 Å². The van der Waals surface area contributed by atoms with Gasteiger partial charge in [0.2, 0.25) is 17.7 Å². The van der Waals surface area contributed by atoms with Crippen LogP contribution in [0, 0.1) is 6.92 Å². The summed E-state index contributed by atoms with van der Waals surface area (Å²) in [6.07, 6.45) is -0.0908. The van der Waals surface area contributed by atoms with Crippen LogP contribution in [0.2, 0.25) is 0 Å². The van der Waals surface area contributed by atoms with Crippen molar-refractivity contribution in [3.63, 3.8) is 0 Å². The predicted molar refractivity (Wildman–Crippen MR) is 141 cm³/mol. The normalized spacial score (nSPS) is 15.6. The fraction of sp³-hybridized carbons (Fsp3) is 0.538. The van der Waals surface area contributed by atoms with E-state index in [1.165, 1.54) is 4.57 Å². The number of alkyl carbamates (subject to hydrolysis) is 1. The minimum atomic E-state index is -0.826. The standard InChI is InChI=1S/C26H35N5O8/c1-16-28-22-17(24(35)31(16)19-8-9-20(32)30-23(19)34)6-5-7-18(22)29-21(33)10-12-37-14-15-38-13-11-27-25(36)39-26(2,3)4/h5-7,19H,8-15H2,1-4H3,(H,27,36)(H,29,33)(H,30,32,34). The monoisotopic (exact) mass is 545 g/mol. The number of piperidine rings is 1. The number of benzene rings is 1. The smallest absolute Gasteiger partial charge is 0.407 e. The van der Waals surface area contributed by atoms with E-state index in [0.717, 1.165) is 0 Å². The Bertz CT molecular complexity index is 1280. The van der Waals surface area contributed by atoms with Gasteiger partial charge in [-0.15, -0.1) is 0 Å². The Balaban J connectivity index is 1.45. The first kappa shape index (κ1) is 29.7. The molecule has 13 heteroatoms. The number of ether oxygens (including phenoxy) is 3. The molecule has 1 aromatic heterocycles. The highest BCUT2D eigenvalue weighted by Crippen LogP contribution is 2.23. The zero-order valence-electron chi connectivity index (χ0n) is 22.6. The summed E-state index contributed by atoms with van der Waals surface area (Å²) in [7, 11) is 0. The van der Waals surface area contributed by atoms with Gasteiger partial charge in [-0.2, -0.15) is 0 Å². The molecule has 2 heterocycles. The number of hydrogen-bond acceptors (Lipinski definition) is 9. The van der Waals surface area contributed by atoms with E-state index in [9.17, 15) is 24.0 Å². The molecule has 1 aliphatic heterocycles. The lowest BCUT2D eigenvalue weighted by atomic mass is 10.1. The predicted octanol–water partition coefficient (Wildman–Crippen LogP) is 1.57. The van der Waals surface area contributed by atoms with Gasteiger partial charge in [-0.05, 0) is 46.2 Å². The molecule has 1 saturated heterocycles. The molecule has 0 radical (unpaired) electrons. The summed E-state index contributed by atoms with van der Waals surface area (Å²) in [5.41, 5.74) is -0.305. The Morgan fingerprint density at radius 1 is 1.10 bits per heavy atom. The quantitative estimate of drug-likeness (QED) is 0.280. The summed E-state index contributed by atoms with van der Waals surface area (Å²) in [6, 6.07) is 4.01. The molecule has 3 N–H and O–H groups in total. The average Bonchev–Trinajstić information content (AvgIpc) is 2.83. The zero-order chi connectivity index (χ0) is 28.6. The average molecular weight is 546 g/mol. The van der Waals surface area contributed by atoms with Gasteiger partial charge in [0.1, 0.15) is 23.0 Å². The molecular weight excluding hydrogens is 510 g/mol. The number of imide groups is 1. The topological polar surface area (TPSA) is 167 Å². The second-order valence-electron chi connectivity index (χ2n) is 9.95. The van der Waals surface area contributed by atoms with Crippen molar-refractivity contribution in [3.8, 4) is 0 Å². The van der Waals surface area contributed by atoms with Gasteiger partial charge < -0.3 is 24.8 Å². The molecule has 4 amide bonds. The van der Waals surface area contributed by atoms with Crippen molar-refractivity contribution in [1.29, 1.82) is 0 Å². The third-order valence-electron chi connectivity index (χ3n) is 5.66.